The SMILES string of the molecule is COc1cccc2c(O)c3c(c(O)c12)CCC(Cl)C3. The smallest absolute Gasteiger partial charge is 0.130 e. The predicted molar refractivity (Wildman–Crippen MR) is 75.5 cm³/mol. The highest BCUT2D eigenvalue weighted by atomic mass is 35.5. The number of alkyl halides is 1. The van der Waals surface area contributed by atoms with Gasteiger partial charge in [0.25, 0.3) is 0 Å². The molecule has 1 aliphatic carbocycles. The van der Waals surface area contributed by atoms with Crippen molar-refractivity contribution in [3.05, 3.63) is 29.3 Å². The molecule has 0 heterocycles. The van der Waals surface area contributed by atoms with Crippen LogP contribution in [-0.2, 0) is 12.8 Å². The lowest BCUT2D eigenvalue weighted by Crippen LogP contribution is -2.14. The molecule has 1 atom stereocenters. The van der Waals surface area contributed by atoms with Crippen LogP contribution in [0, 0.1) is 0 Å². The molecular weight excluding hydrogens is 264 g/mol. The molecule has 1 unspecified atom stereocenters. The van der Waals surface area contributed by atoms with Gasteiger partial charge in [-0.25, -0.2) is 0 Å². The van der Waals surface area contributed by atoms with Gasteiger partial charge in [-0.15, -0.1) is 11.6 Å². The Bertz CT molecular complexity index is 652. The van der Waals surface area contributed by atoms with Crippen LogP contribution < -0.4 is 4.74 Å². The van der Waals surface area contributed by atoms with Gasteiger partial charge in [0.1, 0.15) is 17.2 Å². The Labute approximate surface area is 116 Å². The number of phenolic OH excluding ortho intramolecular Hbond substituents is 2. The van der Waals surface area contributed by atoms with E-state index in [0.717, 1.165) is 17.5 Å². The summed E-state index contributed by atoms with van der Waals surface area (Å²) in [7, 11) is 1.56. The molecule has 1 aliphatic rings. The summed E-state index contributed by atoms with van der Waals surface area (Å²) in [6.07, 6.45) is 2.07. The van der Waals surface area contributed by atoms with Crippen molar-refractivity contribution in [2.45, 2.75) is 24.6 Å². The van der Waals surface area contributed by atoms with Crippen LogP contribution in [0.25, 0.3) is 10.8 Å². The topological polar surface area (TPSA) is 49.7 Å². The van der Waals surface area contributed by atoms with Gasteiger partial charge in [0, 0.05) is 21.9 Å². The first-order valence-corrected chi connectivity index (χ1v) is 6.73. The maximum atomic E-state index is 10.5. The van der Waals surface area contributed by atoms with Crippen molar-refractivity contribution >= 4 is 22.4 Å². The van der Waals surface area contributed by atoms with Crippen molar-refractivity contribution in [2.75, 3.05) is 7.11 Å². The lowest BCUT2D eigenvalue weighted by Gasteiger charge is -2.24. The second-order valence-corrected chi connectivity index (χ2v) is 5.49. The largest absolute Gasteiger partial charge is 0.507 e. The molecule has 2 aromatic rings. The molecule has 0 amide bonds. The standard InChI is InChI=1S/C15H15ClO3/c1-19-12-4-2-3-10-13(12)15(18)9-6-5-8(16)7-11(9)14(10)17/h2-4,8,17-18H,5-7H2,1H3. The maximum absolute atomic E-state index is 10.5. The number of benzene rings is 2. The fraction of sp³-hybridized carbons (Fsp3) is 0.333. The Morgan fingerprint density at radius 1 is 1.21 bits per heavy atom. The quantitative estimate of drug-likeness (QED) is 0.621. The second kappa shape index (κ2) is 4.49. The fourth-order valence-electron chi connectivity index (χ4n) is 2.86. The van der Waals surface area contributed by atoms with Crippen LogP contribution in [0.1, 0.15) is 17.5 Å². The van der Waals surface area contributed by atoms with Crippen LogP contribution in [0.3, 0.4) is 0 Å². The number of fused-ring (bicyclic) bond motifs is 2. The van der Waals surface area contributed by atoms with Gasteiger partial charge in [-0.2, -0.15) is 0 Å². The zero-order valence-electron chi connectivity index (χ0n) is 10.6. The number of hydrogen-bond donors (Lipinski definition) is 2. The first-order chi connectivity index (χ1) is 9.13. The van der Waals surface area contributed by atoms with Crippen LogP contribution >= 0.6 is 11.6 Å². The summed E-state index contributed by atoms with van der Waals surface area (Å²) in [4.78, 5) is 0. The van der Waals surface area contributed by atoms with Gasteiger partial charge < -0.3 is 14.9 Å². The predicted octanol–water partition coefficient (Wildman–Crippen LogP) is 3.36. The molecule has 0 aliphatic heterocycles. The van der Waals surface area contributed by atoms with Crippen molar-refractivity contribution in [1.82, 2.24) is 0 Å². The fourth-order valence-corrected chi connectivity index (χ4v) is 3.12. The van der Waals surface area contributed by atoms with E-state index in [1.165, 1.54) is 0 Å². The molecule has 0 saturated carbocycles. The monoisotopic (exact) mass is 278 g/mol. The second-order valence-electron chi connectivity index (χ2n) is 4.88. The maximum Gasteiger partial charge on any atom is 0.130 e. The average molecular weight is 279 g/mol. The van der Waals surface area contributed by atoms with E-state index in [9.17, 15) is 10.2 Å². The zero-order valence-corrected chi connectivity index (χ0v) is 11.4. The molecule has 2 aromatic carbocycles. The van der Waals surface area contributed by atoms with Gasteiger partial charge in [0.2, 0.25) is 0 Å². The molecule has 3 rings (SSSR count). The molecule has 0 aromatic heterocycles. The summed E-state index contributed by atoms with van der Waals surface area (Å²) in [5.74, 6) is 0.997. The molecule has 3 nitrogen and oxygen atoms in total. The van der Waals surface area contributed by atoms with E-state index < -0.39 is 0 Å². The Morgan fingerprint density at radius 2 is 2.00 bits per heavy atom. The van der Waals surface area contributed by atoms with Crippen molar-refractivity contribution in [2.24, 2.45) is 0 Å². The summed E-state index contributed by atoms with van der Waals surface area (Å²) >= 11 is 6.16. The van der Waals surface area contributed by atoms with Gasteiger partial charge in [0.05, 0.1) is 12.5 Å². The van der Waals surface area contributed by atoms with Crippen molar-refractivity contribution in [3.8, 4) is 17.2 Å². The van der Waals surface area contributed by atoms with E-state index in [1.54, 1.807) is 25.3 Å². The molecule has 2 N–H and O–H groups in total. The first-order valence-electron chi connectivity index (χ1n) is 6.30. The lowest BCUT2D eigenvalue weighted by atomic mass is 9.87. The molecule has 0 saturated heterocycles. The molecule has 4 heteroatoms. The van der Waals surface area contributed by atoms with Crippen molar-refractivity contribution < 1.29 is 14.9 Å². The summed E-state index contributed by atoms with van der Waals surface area (Å²) in [6, 6.07) is 5.36. The lowest BCUT2D eigenvalue weighted by molar-refractivity contribution is 0.413. The van der Waals surface area contributed by atoms with Crippen LogP contribution in [0.2, 0.25) is 0 Å². The van der Waals surface area contributed by atoms with Gasteiger partial charge in [-0.3, -0.25) is 0 Å². The van der Waals surface area contributed by atoms with Gasteiger partial charge in [-0.05, 0) is 25.3 Å². The Kier molecular flexibility index (Phi) is 2.94. The molecule has 19 heavy (non-hydrogen) atoms. The van der Waals surface area contributed by atoms with Crippen LogP contribution in [-0.4, -0.2) is 22.7 Å². The summed E-state index contributed by atoms with van der Waals surface area (Å²) in [6.45, 7) is 0. The molecule has 100 valence electrons. The Hall–Kier alpha value is -1.61. The number of ether oxygens (including phenoxy) is 1. The molecule has 0 bridgehead atoms. The third-order valence-electron chi connectivity index (χ3n) is 3.81. The minimum absolute atomic E-state index is 0.0147. The summed E-state index contributed by atoms with van der Waals surface area (Å²) in [5, 5.41) is 22.1. The number of phenols is 2. The molecule has 0 spiro atoms. The molecule has 0 fully saturated rings. The third-order valence-corrected chi connectivity index (χ3v) is 4.18. The highest BCUT2D eigenvalue weighted by Gasteiger charge is 2.26. The van der Waals surface area contributed by atoms with Crippen molar-refractivity contribution in [1.29, 1.82) is 0 Å². The van der Waals surface area contributed by atoms with Crippen molar-refractivity contribution in [3.63, 3.8) is 0 Å². The van der Waals surface area contributed by atoms with E-state index in [2.05, 4.69) is 0 Å². The summed E-state index contributed by atoms with van der Waals surface area (Å²) in [5.41, 5.74) is 1.57. The van der Waals surface area contributed by atoms with E-state index in [-0.39, 0.29) is 16.9 Å². The van der Waals surface area contributed by atoms with Gasteiger partial charge in [-0.1, -0.05) is 12.1 Å². The zero-order chi connectivity index (χ0) is 13.6. The highest BCUT2D eigenvalue weighted by Crippen LogP contribution is 2.46. The number of halogens is 1. The normalized spacial score (nSPS) is 18.3. The molecular formula is C15H15ClO3. The number of rotatable bonds is 1. The third kappa shape index (κ3) is 1.80. The molecule has 0 radical (unpaired) electrons. The first kappa shape index (κ1) is 12.4. The minimum Gasteiger partial charge on any atom is -0.507 e. The Balaban J connectivity index is 2.39. The van der Waals surface area contributed by atoms with E-state index >= 15 is 0 Å². The van der Waals surface area contributed by atoms with E-state index in [4.69, 9.17) is 16.3 Å². The minimum atomic E-state index is 0.0147. The summed E-state index contributed by atoms with van der Waals surface area (Å²) < 4.78 is 5.28. The van der Waals surface area contributed by atoms with Gasteiger partial charge >= 0.3 is 0 Å². The van der Waals surface area contributed by atoms with Gasteiger partial charge in [0.15, 0.2) is 0 Å². The number of methoxy groups -OCH3 is 1. The Morgan fingerprint density at radius 3 is 2.74 bits per heavy atom. The van der Waals surface area contributed by atoms with Crippen LogP contribution in [0.4, 0.5) is 0 Å². The van der Waals surface area contributed by atoms with E-state index in [0.29, 0.717) is 29.4 Å². The van der Waals surface area contributed by atoms with E-state index in [1.807, 2.05) is 0 Å². The average Bonchev–Trinajstić information content (AvgIpc) is 2.43. The van der Waals surface area contributed by atoms with Crippen LogP contribution in [0.5, 0.6) is 17.2 Å². The number of aromatic hydroxyl groups is 2. The number of hydrogen-bond acceptors (Lipinski definition) is 3. The highest BCUT2D eigenvalue weighted by molar-refractivity contribution is 6.21. The van der Waals surface area contributed by atoms with Crippen LogP contribution in [0.15, 0.2) is 18.2 Å².